The zero-order valence-electron chi connectivity index (χ0n) is 8.09. The number of hydrogen-bond acceptors (Lipinski definition) is 1. The molecule has 16 heavy (non-hydrogen) atoms. The lowest BCUT2D eigenvalue weighted by molar-refractivity contribution is -0.111. The molecule has 0 N–H and O–H groups in total. The van der Waals surface area contributed by atoms with Crippen molar-refractivity contribution in [2.45, 2.75) is 12.3 Å². The molecule has 0 saturated carbocycles. The van der Waals surface area contributed by atoms with Gasteiger partial charge in [-0.05, 0) is 35.4 Å². The third kappa shape index (κ3) is 4.52. The summed E-state index contributed by atoms with van der Waals surface area (Å²) in [7, 11) is 0. The molecule has 0 aromatic heterocycles. The average molecular weight is 282 g/mol. The number of halogens is 4. The fraction of sp³-hybridized carbons (Fsp3) is 0.182. The number of carbonyl (C=O) groups is 1. The highest BCUT2D eigenvalue weighted by atomic mass is 35.5. The Bertz CT molecular complexity index is 396. The molecule has 0 radical (unpaired) electrons. The molecule has 0 spiro atoms. The SMILES string of the molecule is O=C(Cl)CC(C=C(Cl)Cl)c1ccc(F)cc1. The van der Waals surface area contributed by atoms with Gasteiger partial charge in [-0.2, -0.15) is 0 Å². The summed E-state index contributed by atoms with van der Waals surface area (Å²) in [5.74, 6) is -0.684. The van der Waals surface area contributed by atoms with E-state index in [-0.39, 0.29) is 22.6 Å². The van der Waals surface area contributed by atoms with Crippen LogP contribution in [0.5, 0.6) is 0 Å². The molecule has 0 fully saturated rings. The van der Waals surface area contributed by atoms with Crippen LogP contribution >= 0.6 is 34.8 Å². The van der Waals surface area contributed by atoms with Crippen LogP contribution in [0.1, 0.15) is 17.9 Å². The second-order valence-electron chi connectivity index (χ2n) is 3.17. The van der Waals surface area contributed by atoms with Crippen LogP contribution in [-0.4, -0.2) is 5.24 Å². The van der Waals surface area contributed by atoms with E-state index in [1.807, 2.05) is 0 Å². The molecule has 86 valence electrons. The Morgan fingerprint density at radius 2 is 1.81 bits per heavy atom. The maximum Gasteiger partial charge on any atom is 0.222 e. The number of hydrogen-bond donors (Lipinski definition) is 0. The molecule has 0 saturated heterocycles. The second kappa shape index (κ2) is 6.24. The van der Waals surface area contributed by atoms with E-state index < -0.39 is 5.24 Å². The van der Waals surface area contributed by atoms with Crippen molar-refractivity contribution in [2.75, 3.05) is 0 Å². The number of allylic oxidation sites excluding steroid dienone is 1. The van der Waals surface area contributed by atoms with Gasteiger partial charge in [0.1, 0.15) is 10.3 Å². The first-order valence-electron chi connectivity index (χ1n) is 4.45. The van der Waals surface area contributed by atoms with Gasteiger partial charge in [-0.1, -0.05) is 35.3 Å². The summed E-state index contributed by atoms with van der Waals surface area (Å²) in [5.41, 5.74) is 0.731. The third-order valence-electron chi connectivity index (χ3n) is 2.01. The smallest absolute Gasteiger partial charge is 0.222 e. The molecule has 1 atom stereocenters. The zero-order chi connectivity index (χ0) is 12.1. The Balaban J connectivity index is 2.96. The van der Waals surface area contributed by atoms with Crippen molar-refractivity contribution in [3.63, 3.8) is 0 Å². The van der Waals surface area contributed by atoms with Crippen LogP contribution in [0.3, 0.4) is 0 Å². The van der Waals surface area contributed by atoms with Crippen molar-refractivity contribution in [1.29, 1.82) is 0 Å². The minimum atomic E-state index is -0.500. The van der Waals surface area contributed by atoms with E-state index >= 15 is 0 Å². The summed E-state index contributed by atoms with van der Waals surface area (Å²) in [6.45, 7) is 0. The summed E-state index contributed by atoms with van der Waals surface area (Å²) >= 11 is 16.4. The first-order chi connectivity index (χ1) is 7.49. The molecule has 1 aromatic rings. The highest BCUT2D eigenvalue weighted by Gasteiger charge is 2.13. The lowest BCUT2D eigenvalue weighted by atomic mass is 9.96. The van der Waals surface area contributed by atoms with Gasteiger partial charge in [-0.3, -0.25) is 4.79 Å². The molecule has 0 bridgehead atoms. The number of benzene rings is 1. The lowest BCUT2D eigenvalue weighted by Crippen LogP contribution is -2.00. The molecule has 1 nitrogen and oxygen atoms in total. The van der Waals surface area contributed by atoms with Crippen LogP contribution in [0.2, 0.25) is 0 Å². The van der Waals surface area contributed by atoms with Crippen LogP contribution in [0.15, 0.2) is 34.8 Å². The molecular formula is C11H8Cl3FO. The average Bonchev–Trinajstić information content (AvgIpc) is 2.16. The van der Waals surface area contributed by atoms with Crippen molar-refractivity contribution in [3.05, 3.63) is 46.2 Å². The van der Waals surface area contributed by atoms with Gasteiger partial charge < -0.3 is 0 Å². The monoisotopic (exact) mass is 280 g/mol. The Morgan fingerprint density at radius 1 is 1.25 bits per heavy atom. The second-order valence-corrected chi connectivity index (χ2v) is 4.60. The molecule has 1 aromatic carbocycles. The van der Waals surface area contributed by atoms with Crippen LogP contribution in [-0.2, 0) is 4.79 Å². The fourth-order valence-corrected chi connectivity index (χ4v) is 1.78. The minimum absolute atomic E-state index is 0.0484. The van der Waals surface area contributed by atoms with E-state index in [1.54, 1.807) is 12.1 Å². The lowest BCUT2D eigenvalue weighted by Gasteiger charge is -2.10. The predicted molar refractivity (Wildman–Crippen MR) is 64.4 cm³/mol. The van der Waals surface area contributed by atoms with Gasteiger partial charge in [0, 0.05) is 12.3 Å². The van der Waals surface area contributed by atoms with Crippen LogP contribution < -0.4 is 0 Å². The Labute approximate surface area is 108 Å². The van der Waals surface area contributed by atoms with Gasteiger partial charge in [0.05, 0.1) is 0 Å². The standard InChI is InChI=1S/C11H8Cl3FO/c12-10(13)5-8(6-11(14)16)7-1-3-9(15)4-2-7/h1-5,8H,6H2. The first-order valence-corrected chi connectivity index (χ1v) is 5.59. The normalized spacial score (nSPS) is 12.0. The molecule has 0 heterocycles. The van der Waals surface area contributed by atoms with Crippen LogP contribution in [0.4, 0.5) is 4.39 Å². The molecule has 0 amide bonds. The largest absolute Gasteiger partial charge is 0.281 e. The Kier molecular flexibility index (Phi) is 5.26. The summed E-state index contributed by atoms with van der Waals surface area (Å²) in [4.78, 5) is 10.9. The number of rotatable bonds is 4. The first kappa shape index (κ1) is 13.5. The Hall–Kier alpha value is -0.570. The topological polar surface area (TPSA) is 17.1 Å². The van der Waals surface area contributed by atoms with E-state index in [9.17, 15) is 9.18 Å². The Morgan fingerprint density at radius 3 is 2.25 bits per heavy atom. The van der Waals surface area contributed by atoms with Crippen LogP contribution in [0, 0.1) is 5.82 Å². The van der Waals surface area contributed by atoms with Gasteiger partial charge in [-0.25, -0.2) is 4.39 Å². The van der Waals surface area contributed by atoms with E-state index in [1.165, 1.54) is 18.2 Å². The van der Waals surface area contributed by atoms with Gasteiger partial charge in [0.25, 0.3) is 0 Å². The fourth-order valence-electron chi connectivity index (χ4n) is 1.31. The summed E-state index contributed by atoms with van der Waals surface area (Å²) in [6, 6.07) is 5.73. The maximum atomic E-state index is 12.7. The molecule has 0 aliphatic rings. The molecular weight excluding hydrogens is 273 g/mol. The van der Waals surface area contributed by atoms with Gasteiger partial charge in [0.2, 0.25) is 5.24 Å². The molecule has 1 unspecified atom stereocenters. The number of carbonyl (C=O) groups excluding carboxylic acids is 1. The quantitative estimate of drug-likeness (QED) is 0.748. The zero-order valence-corrected chi connectivity index (χ0v) is 10.4. The molecule has 1 rings (SSSR count). The van der Waals surface area contributed by atoms with E-state index in [0.717, 1.165) is 5.56 Å². The van der Waals surface area contributed by atoms with Crippen molar-refractivity contribution in [2.24, 2.45) is 0 Å². The summed E-state index contributed by atoms with van der Waals surface area (Å²) < 4.78 is 12.8. The van der Waals surface area contributed by atoms with E-state index in [2.05, 4.69) is 0 Å². The van der Waals surface area contributed by atoms with Crippen molar-refractivity contribution in [1.82, 2.24) is 0 Å². The molecule has 0 aliphatic heterocycles. The van der Waals surface area contributed by atoms with Crippen molar-refractivity contribution >= 4 is 40.0 Å². The molecule has 0 aliphatic carbocycles. The van der Waals surface area contributed by atoms with Gasteiger partial charge in [-0.15, -0.1) is 0 Å². The van der Waals surface area contributed by atoms with Crippen LogP contribution in [0.25, 0.3) is 0 Å². The van der Waals surface area contributed by atoms with E-state index in [4.69, 9.17) is 34.8 Å². The predicted octanol–water partition coefficient (Wildman–Crippen LogP) is 4.38. The van der Waals surface area contributed by atoms with Crippen molar-refractivity contribution in [3.8, 4) is 0 Å². The maximum absolute atomic E-state index is 12.7. The van der Waals surface area contributed by atoms with Gasteiger partial charge >= 0.3 is 0 Å². The third-order valence-corrected chi connectivity index (χ3v) is 2.41. The van der Waals surface area contributed by atoms with Gasteiger partial charge in [0.15, 0.2) is 0 Å². The minimum Gasteiger partial charge on any atom is -0.281 e. The highest BCUT2D eigenvalue weighted by molar-refractivity contribution is 6.63. The highest BCUT2D eigenvalue weighted by Crippen LogP contribution is 2.26. The molecule has 5 heteroatoms. The summed E-state index contributed by atoms with van der Waals surface area (Å²) in [5, 5.41) is -0.500. The van der Waals surface area contributed by atoms with E-state index in [0.29, 0.717) is 0 Å². The summed E-state index contributed by atoms with van der Waals surface area (Å²) in [6.07, 6.45) is 1.56. The van der Waals surface area contributed by atoms with Crippen molar-refractivity contribution < 1.29 is 9.18 Å².